The van der Waals surface area contributed by atoms with Crippen LogP contribution in [0.25, 0.3) is 0 Å². The summed E-state index contributed by atoms with van der Waals surface area (Å²) in [4.78, 5) is 0. The summed E-state index contributed by atoms with van der Waals surface area (Å²) >= 11 is 0. The highest BCUT2D eigenvalue weighted by molar-refractivity contribution is 5.09. The van der Waals surface area contributed by atoms with Gasteiger partial charge in [-0.2, -0.15) is 10.2 Å². The summed E-state index contributed by atoms with van der Waals surface area (Å²) in [6, 6.07) is 1.98. The van der Waals surface area contributed by atoms with Gasteiger partial charge in [0.2, 0.25) is 0 Å². The molecule has 1 aromatic heterocycles. The maximum atomic E-state index is 3.76. The Hall–Kier alpha value is -0.920. The van der Waals surface area contributed by atoms with Crippen LogP contribution in [0.4, 0.5) is 0 Å². The normalized spacial score (nSPS) is 8.87. The van der Waals surface area contributed by atoms with Gasteiger partial charge in [-0.25, -0.2) is 0 Å². The van der Waals surface area contributed by atoms with Crippen molar-refractivity contribution in [3.8, 4) is 0 Å². The highest BCUT2D eigenvalue weighted by atomic mass is 15.1. The van der Waals surface area contributed by atoms with Crippen molar-refractivity contribution < 1.29 is 0 Å². The van der Waals surface area contributed by atoms with Crippen LogP contribution in [-0.4, -0.2) is 10.2 Å². The first-order chi connectivity index (χ1) is 7.04. The lowest BCUT2D eigenvalue weighted by Crippen LogP contribution is -1.88. The molecule has 0 unspecified atom stereocenters. The van der Waals surface area contributed by atoms with E-state index in [1.54, 1.807) is 12.4 Å². The molecular formula is C13H26N2. The Bertz CT molecular complexity index is 202. The molecule has 0 bridgehead atoms. The fourth-order valence-electron chi connectivity index (χ4n) is 0.642. The van der Waals surface area contributed by atoms with Gasteiger partial charge in [0.25, 0.3) is 0 Å². The topological polar surface area (TPSA) is 25.8 Å². The van der Waals surface area contributed by atoms with Crippen molar-refractivity contribution in [3.63, 3.8) is 0 Å². The van der Waals surface area contributed by atoms with Crippen LogP contribution in [0.5, 0.6) is 0 Å². The quantitative estimate of drug-likeness (QED) is 0.691. The van der Waals surface area contributed by atoms with Crippen molar-refractivity contribution in [2.75, 3.05) is 0 Å². The molecule has 0 aliphatic rings. The summed E-state index contributed by atoms with van der Waals surface area (Å²) in [5.74, 6) is 1.39. The predicted molar refractivity (Wildman–Crippen MR) is 68.0 cm³/mol. The molecule has 0 atom stereocenters. The number of aromatic nitrogens is 2. The molecule has 1 aromatic rings. The molecule has 88 valence electrons. The van der Waals surface area contributed by atoms with Gasteiger partial charge >= 0.3 is 0 Å². The molecule has 0 saturated carbocycles. The van der Waals surface area contributed by atoms with Crippen molar-refractivity contribution >= 4 is 0 Å². The molecule has 0 aromatic carbocycles. The first-order valence-electron chi connectivity index (χ1n) is 5.80. The second kappa shape index (κ2) is 11.2. The number of hydrogen-bond donors (Lipinski definition) is 0. The summed E-state index contributed by atoms with van der Waals surface area (Å²) < 4.78 is 0. The van der Waals surface area contributed by atoms with Crippen LogP contribution >= 0.6 is 0 Å². The minimum absolute atomic E-state index is 0.556. The van der Waals surface area contributed by atoms with E-state index in [4.69, 9.17) is 0 Å². The minimum Gasteiger partial charge on any atom is -0.159 e. The van der Waals surface area contributed by atoms with E-state index in [1.165, 1.54) is 5.56 Å². The fourth-order valence-corrected chi connectivity index (χ4v) is 0.642. The average molecular weight is 210 g/mol. The molecule has 0 aliphatic heterocycles. The Morgan fingerprint density at radius 3 is 1.60 bits per heavy atom. The zero-order chi connectivity index (χ0) is 12.3. The van der Waals surface area contributed by atoms with E-state index in [9.17, 15) is 0 Å². The van der Waals surface area contributed by atoms with Crippen LogP contribution in [0, 0.1) is 5.92 Å². The van der Waals surface area contributed by atoms with E-state index < -0.39 is 0 Å². The molecule has 0 aliphatic carbocycles. The minimum atomic E-state index is 0.556. The maximum absolute atomic E-state index is 3.76. The first-order valence-corrected chi connectivity index (χ1v) is 5.80. The Labute approximate surface area is 95.1 Å². The summed E-state index contributed by atoms with van der Waals surface area (Å²) in [5.41, 5.74) is 1.24. The summed E-state index contributed by atoms with van der Waals surface area (Å²) in [6.45, 7) is 14.8. The van der Waals surface area contributed by atoms with E-state index >= 15 is 0 Å². The van der Waals surface area contributed by atoms with Crippen molar-refractivity contribution in [2.45, 2.75) is 54.4 Å². The van der Waals surface area contributed by atoms with Gasteiger partial charge in [-0.15, -0.1) is 0 Å². The molecule has 15 heavy (non-hydrogen) atoms. The fraction of sp³-hybridized carbons (Fsp3) is 0.692. The van der Waals surface area contributed by atoms with Gasteiger partial charge in [0.1, 0.15) is 0 Å². The van der Waals surface area contributed by atoms with Gasteiger partial charge in [0, 0.05) is 6.20 Å². The monoisotopic (exact) mass is 210 g/mol. The highest BCUT2D eigenvalue weighted by Gasteiger charge is 1.95. The molecule has 0 fully saturated rings. The Balaban J connectivity index is 0. The Kier molecular flexibility index (Phi) is 12.3. The lowest BCUT2D eigenvalue weighted by Gasteiger charge is -2.00. The van der Waals surface area contributed by atoms with Crippen molar-refractivity contribution in [1.29, 1.82) is 0 Å². The number of rotatable bonds is 1. The molecule has 2 nitrogen and oxygen atoms in total. The smallest absolute Gasteiger partial charge is 0.0530 e. The second-order valence-electron chi connectivity index (χ2n) is 4.06. The third kappa shape index (κ3) is 13.1. The van der Waals surface area contributed by atoms with E-state index in [0.717, 1.165) is 5.92 Å². The molecule has 0 amide bonds. The van der Waals surface area contributed by atoms with Gasteiger partial charge in [-0.05, 0) is 23.5 Å². The van der Waals surface area contributed by atoms with Crippen LogP contribution in [0.1, 0.15) is 59.9 Å². The van der Waals surface area contributed by atoms with Crippen LogP contribution in [0.2, 0.25) is 0 Å². The van der Waals surface area contributed by atoms with Crippen LogP contribution in [0.15, 0.2) is 18.5 Å². The summed E-state index contributed by atoms with van der Waals surface area (Å²) in [5, 5.41) is 7.43. The van der Waals surface area contributed by atoms with Crippen LogP contribution < -0.4 is 0 Å². The SMILES string of the molecule is CC.CC(C)C.CC(C)c1ccnnc1. The molecule has 1 rings (SSSR count). The van der Waals surface area contributed by atoms with Crippen molar-refractivity contribution in [1.82, 2.24) is 10.2 Å². The maximum Gasteiger partial charge on any atom is 0.0530 e. The standard InChI is InChI=1S/C7H10N2.C4H10.C2H6/c1-6(2)7-3-4-8-9-5-7;1-4(2)3;1-2/h3-6H,1-2H3;4H,1-3H3;1-2H3. The van der Waals surface area contributed by atoms with Crippen molar-refractivity contribution in [3.05, 3.63) is 24.0 Å². The predicted octanol–water partition coefficient (Wildman–Crippen LogP) is 4.29. The largest absolute Gasteiger partial charge is 0.159 e. The summed E-state index contributed by atoms with van der Waals surface area (Å²) in [6.07, 6.45) is 3.51. The third-order valence-corrected chi connectivity index (χ3v) is 1.27. The zero-order valence-corrected chi connectivity index (χ0v) is 11.3. The number of nitrogens with zero attached hydrogens (tertiary/aromatic N) is 2. The van der Waals surface area contributed by atoms with E-state index in [-0.39, 0.29) is 0 Å². The average Bonchev–Trinajstić information content (AvgIpc) is 2.21. The Morgan fingerprint density at radius 1 is 0.933 bits per heavy atom. The molecule has 0 radical (unpaired) electrons. The van der Waals surface area contributed by atoms with E-state index in [1.807, 2.05) is 19.9 Å². The third-order valence-electron chi connectivity index (χ3n) is 1.27. The van der Waals surface area contributed by atoms with E-state index in [2.05, 4.69) is 44.8 Å². The van der Waals surface area contributed by atoms with Gasteiger partial charge in [0.05, 0.1) is 6.20 Å². The molecule has 1 heterocycles. The Morgan fingerprint density at radius 2 is 1.40 bits per heavy atom. The number of hydrogen-bond acceptors (Lipinski definition) is 2. The van der Waals surface area contributed by atoms with Gasteiger partial charge in [0.15, 0.2) is 0 Å². The van der Waals surface area contributed by atoms with Gasteiger partial charge in [-0.3, -0.25) is 0 Å². The molecule has 0 N–H and O–H groups in total. The molecule has 0 saturated heterocycles. The first kappa shape index (κ1) is 16.5. The highest BCUT2D eigenvalue weighted by Crippen LogP contribution is 2.09. The van der Waals surface area contributed by atoms with Gasteiger partial charge < -0.3 is 0 Å². The molecular weight excluding hydrogens is 184 g/mol. The molecule has 0 spiro atoms. The zero-order valence-electron chi connectivity index (χ0n) is 11.3. The molecule has 2 heteroatoms. The lowest BCUT2D eigenvalue weighted by atomic mass is 10.1. The van der Waals surface area contributed by atoms with E-state index in [0.29, 0.717) is 5.92 Å². The second-order valence-corrected chi connectivity index (χ2v) is 4.06. The van der Waals surface area contributed by atoms with Gasteiger partial charge in [-0.1, -0.05) is 48.5 Å². The van der Waals surface area contributed by atoms with Crippen molar-refractivity contribution in [2.24, 2.45) is 5.92 Å². The lowest BCUT2D eigenvalue weighted by molar-refractivity contribution is 0.737. The summed E-state index contributed by atoms with van der Waals surface area (Å²) in [7, 11) is 0. The van der Waals surface area contributed by atoms with Crippen LogP contribution in [0.3, 0.4) is 0 Å². The van der Waals surface area contributed by atoms with Crippen LogP contribution in [-0.2, 0) is 0 Å².